The van der Waals surface area contributed by atoms with Gasteiger partial charge >= 0.3 is 5.69 Å². The second-order valence-corrected chi connectivity index (χ2v) is 14.3. The summed E-state index contributed by atoms with van der Waals surface area (Å²) in [5.74, 6) is 0.684. The van der Waals surface area contributed by atoms with Crippen molar-refractivity contribution < 1.29 is 72.5 Å². The van der Waals surface area contributed by atoms with E-state index in [2.05, 4.69) is 21.3 Å². The summed E-state index contributed by atoms with van der Waals surface area (Å²) in [6.45, 7) is 25.5. The fraction of sp³-hybridized carbons (Fsp3) is 0.862. The molecule has 48 heavy (non-hydrogen) atoms. The van der Waals surface area contributed by atoms with Gasteiger partial charge in [0, 0.05) is 39.3 Å². The maximum Gasteiger partial charge on any atom is 0.324 e. The molecule has 0 saturated carbocycles. The molecule has 2 unspecified atom stereocenters. The zero-order valence-electron chi connectivity index (χ0n) is 28.0. The first kappa shape index (κ1) is 45.9. The number of hydrogen-bond acceptors (Lipinski definition) is 8. The van der Waals surface area contributed by atoms with E-state index in [9.17, 15) is 10.1 Å². The maximum absolute atomic E-state index is 13.1. The molecule has 1 aromatic heterocycles. The largest absolute Gasteiger partial charge is 1.00 e. The van der Waals surface area contributed by atoms with Crippen molar-refractivity contribution in [2.45, 2.75) is 19.0 Å². The van der Waals surface area contributed by atoms with E-state index in [1.807, 2.05) is 6.92 Å². The summed E-state index contributed by atoms with van der Waals surface area (Å²) in [6.07, 6.45) is 0. The number of rotatable bonds is 3. The van der Waals surface area contributed by atoms with Crippen molar-refractivity contribution in [3.05, 3.63) is 27.3 Å². The number of piperazine rings is 6. The SMILES string of the molecule is Cc1nc(C2CNCC[N+]23CC[N+]2(CCNCC2)CC3)c([N+](=O)[O-])c(C2CNCC[N+]23CC[N+]2(CCNCC2)CC3)n1.Cl.Cl.[Cl-].[Cl-].[Cl-].[Cl-]. The number of aryl methyl sites for hydroxylation is 1. The van der Waals surface area contributed by atoms with Gasteiger partial charge in [0.15, 0.2) is 23.5 Å². The highest BCUT2D eigenvalue weighted by Crippen LogP contribution is 2.43. The molecule has 7 heterocycles. The molecule has 6 saturated heterocycles. The Morgan fingerprint density at radius 1 is 0.562 bits per heavy atom. The maximum atomic E-state index is 13.1. The van der Waals surface area contributed by atoms with Crippen LogP contribution >= 0.6 is 24.8 Å². The highest BCUT2D eigenvalue weighted by molar-refractivity contribution is 5.85. The van der Waals surface area contributed by atoms with Gasteiger partial charge in [0.2, 0.25) is 0 Å². The molecule has 4 spiro atoms. The van der Waals surface area contributed by atoms with Crippen LogP contribution in [0.4, 0.5) is 5.69 Å². The fourth-order valence-corrected chi connectivity index (χ4v) is 9.55. The van der Waals surface area contributed by atoms with Crippen molar-refractivity contribution in [2.24, 2.45) is 0 Å². The Morgan fingerprint density at radius 3 is 1.23 bits per heavy atom. The molecular weight excluding hydrogens is 747 g/mol. The van der Waals surface area contributed by atoms with E-state index in [4.69, 9.17) is 9.97 Å². The predicted octanol–water partition coefficient (Wildman–Crippen LogP) is -12.7. The molecule has 0 amide bonds. The lowest BCUT2D eigenvalue weighted by Crippen LogP contribution is -3.00. The van der Waals surface area contributed by atoms with Crippen LogP contribution < -0.4 is 70.9 Å². The van der Waals surface area contributed by atoms with Crippen molar-refractivity contribution in [1.29, 1.82) is 0 Å². The van der Waals surface area contributed by atoms with E-state index in [1.165, 1.54) is 35.1 Å². The summed E-state index contributed by atoms with van der Waals surface area (Å²) in [4.78, 5) is 22.9. The minimum Gasteiger partial charge on any atom is -1.00 e. The summed E-state index contributed by atoms with van der Waals surface area (Å²) >= 11 is 0. The molecule has 0 bridgehead atoms. The van der Waals surface area contributed by atoms with Gasteiger partial charge < -0.3 is 88.8 Å². The van der Waals surface area contributed by atoms with Gasteiger partial charge in [-0.3, -0.25) is 10.1 Å². The van der Waals surface area contributed by atoms with Gasteiger partial charge in [-0.2, -0.15) is 0 Å². The van der Waals surface area contributed by atoms with Gasteiger partial charge in [0.05, 0.1) is 57.3 Å². The van der Waals surface area contributed by atoms with Crippen LogP contribution in [-0.4, -0.2) is 177 Å². The lowest BCUT2D eigenvalue weighted by molar-refractivity contribution is -1.05. The van der Waals surface area contributed by atoms with Crippen LogP contribution in [0, 0.1) is 17.0 Å². The highest BCUT2D eigenvalue weighted by Gasteiger charge is 2.54. The lowest BCUT2D eigenvalue weighted by atomic mass is 9.95. The zero-order chi connectivity index (χ0) is 28.8. The molecule has 6 aliphatic rings. The molecule has 280 valence electrons. The van der Waals surface area contributed by atoms with Crippen molar-refractivity contribution in [1.82, 2.24) is 31.2 Å². The predicted molar refractivity (Wildman–Crippen MR) is 174 cm³/mol. The number of nitro groups is 1. The number of hydrogen-bond donors (Lipinski definition) is 4. The van der Waals surface area contributed by atoms with Gasteiger partial charge in [-0.15, -0.1) is 24.8 Å². The molecule has 4 N–H and O–H groups in total. The molecular formula is C29H55Cl6N11O2. The van der Waals surface area contributed by atoms with Gasteiger partial charge in [0.25, 0.3) is 0 Å². The average Bonchev–Trinajstić information content (AvgIpc) is 3.01. The Labute approximate surface area is 323 Å². The summed E-state index contributed by atoms with van der Waals surface area (Å²) in [7, 11) is 0. The van der Waals surface area contributed by atoms with Crippen molar-refractivity contribution in [2.75, 3.05) is 144 Å². The summed E-state index contributed by atoms with van der Waals surface area (Å²) < 4.78 is 4.25. The highest BCUT2D eigenvalue weighted by atomic mass is 35.5. The molecule has 1 aromatic rings. The molecule has 6 aliphatic heterocycles. The minimum atomic E-state index is -0.122. The van der Waals surface area contributed by atoms with Crippen LogP contribution in [0.15, 0.2) is 0 Å². The van der Waals surface area contributed by atoms with Crippen molar-refractivity contribution in [3.8, 4) is 0 Å². The topological polar surface area (TPSA) is 117 Å². The zero-order valence-corrected chi connectivity index (χ0v) is 32.6. The third kappa shape index (κ3) is 8.57. The third-order valence-electron chi connectivity index (χ3n) is 12.5. The average molecular weight is 803 g/mol. The molecule has 2 atom stereocenters. The van der Waals surface area contributed by atoms with E-state index in [0.717, 1.165) is 127 Å². The summed E-state index contributed by atoms with van der Waals surface area (Å²) in [6, 6.07) is -0.0206. The molecule has 13 nitrogen and oxygen atoms in total. The van der Waals surface area contributed by atoms with Gasteiger partial charge in [0.1, 0.15) is 58.2 Å². The van der Waals surface area contributed by atoms with E-state index < -0.39 is 0 Å². The van der Waals surface area contributed by atoms with Crippen LogP contribution in [0.2, 0.25) is 0 Å². The Kier molecular flexibility index (Phi) is 17.8. The molecule has 0 aliphatic carbocycles. The van der Waals surface area contributed by atoms with Crippen molar-refractivity contribution >= 4 is 30.5 Å². The first-order valence-electron chi connectivity index (χ1n) is 16.6. The van der Waals surface area contributed by atoms with E-state index >= 15 is 0 Å². The lowest BCUT2D eigenvalue weighted by Gasteiger charge is -2.55. The van der Waals surface area contributed by atoms with E-state index in [0.29, 0.717) is 17.2 Å². The summed E-state index contributed by atoms with van der Waals surface area (Å²) in [5.41, 5.74) is 1.59. The Balaban J connectivity index is 0.00000192. The first-order valence-corrected chi connectivity index (χ1v) is 16.6. The monoisotopic (exact) mass is 799 g/mol. The van der Waals surface area contributed by atoms with E-state index in [-0.39, 0.29) is 97.1 Å². The van der Waals surface area contributed by atoms with Gasteiger partial charge in [-0.1, -0.05) is 0 Å². The van der Waals surface area contributed by atoms with Gasteiger partial charge in [-0.25, -0.2) is 9.97 Å². The minimum absolute atomic E-state index is 0. The normalized spacial score (nSPS) is 27.9. The second-order valence-electron chi connectivity index (χ2n) is 14.3. The molecule has 6 fully saturated rings. The molecule has 0 radical (unpaired) electrons. The Morgan fingerprint density at radius 2 is 0.896 bits per heavy atom. The van der Waals surface area contributed by atoms with Crippen molar-refractivity contribution in [3.63, 3.8) is 0 Å². The second kappa shape index (κ2) is 18.6. The van der Waals surface area contributed by atoms with Crippen LogP contribution in [-0.2, 0) is 0 Å². The van der Waals surface area contributed by atoms with Crippen LogP contribution in [0.1, 0.15) is 29.3 Å². The van der Waals surface area contributed by atoms with E-state index in [1.54, 1.807) is 0 Å². The quantitative estimate of drug-likeness (QED) is 0.136. The van der Waals surface area contributed by atoms with Crippen LogP contribution in [0.5, 0.6) is 0 Å². The smallest absolute Gasteiger partial charge is 0.324 e. The number of quaternary nitrogens is 4. The number of nitrogens with one attached hydrogen (secondary N) is 4. The Hall–Kier alpha value is -0.100. The molecule has 7 rings (SSSR count). The fourth-order valence-electron chi connectivity index (χ4n) is 9.55. The van der Waals surface area contributed by atoms with Crippen LogP contribution in [0.25, 0.3) is 0 Å². The van der Waals surface area contributed by atoms with Crippen LogP contribution in [0.3, 0.4) is 0 Å². The summed E-state index contributed by atoms with van der Waals surface area (Å²) in [5, 5.41) is 27.4. The third-order valence-corrected chi connectivity index (χ3v) is 12.5. The Bertz CT molecular complexity index is 1090. The number of aromatic nitrogens is 2. The first-order chi connectivity index (χ1) is 20.4. The number of nitrogens with zero attached hydrogens (tertiary/aromatic N) is 7. The molecule has 19 heteroatoms. The number of halogens is 6. The standard InChI is InChI=1S/C29H53N11O2.6ClH/c1-24-34-27(25-22-32-6-12-39(25)18-14-37(15-19-39)8-2-30-3-9-37)29(36(41)42)28(35-24)26-23-33-7-13-40(26)20-16-38(17-21-40)10-4-31-5-11-38;;;;;;/h25-26,30-33H,2-23H2,1H3;6*1H/q+4;;;;;;/p-4. The molecule has 0 aromatic carbocycles. The van der Waals surface area contributed by atoms with Gasteiger partial charge in [-0.05, 0) is 6.92 Å².